The molecule has 5 rings (SSSR count). The van der Waals surface area contributed by atoms with E-state index in [0.29, 0.717) is 52.6 Å². The molecule has 4 aromatic carbocycles. The van der Waals surface area contributed by atoms with Gasteiger partial charge in [-0.15, -0.1) is 0 Å². The molecule has 0 aliphatic carbocycles. The van der Waals surface area contributed by atoms with Gasteiger partial charge in [-0.3, -0.25) is 0 Å². The zero-order chi connectivity index (χ0) is 38.0. The number of rotatable bonds is 18. The second kappa shape index (κ2) is 18.2. The van der Waals surface area contributed by atoms with Gasteiger partial charge in [-0.2, -0.15) is 0 Å². The highest BCUT2D eigenvalue weighted by Crippen LogP contribution is 2.43. The molecule has 12 heteroatoms. The van der Waals surface area contributed by atoms with Crippen LogP contribution in [-0.4, -0.2) is 81.7 Å². The van der Waals surface area contributed by atoms with E-state index >= 15 is 0 Å². The van der Waals surface area contributed by atoms with Gasteiger partial charge in [0.2, 0.25) is 0 Å². The van der Waals surface area contributed by atoms with Crippen molar-refractivity contribution in [1.29, 1.82) is 0 Å². The molecule has 4 aromatic rings. The molecule has 0 spiro atoms. The Bertz CT molecular complexity index is 1780. The number of ether oxygens (including phenoxy) is 12. The van der Waals surface area contributed by atoms with Crippen LogP contribution in [0.5, 0.6) is 46.0 Å². The predicted molar refractivity (Wildman–Crippen MR) is 197 cm³/mol. The highest BCUT2D eigenvalue weighted by Gasteiger charge is 2.40. The normalized spacial score (nSPS) is 17.6. The van der Waals surface area contributed by atoms with E-state index < -0.39 is 24.1 Å². The fourth-order valence-corrected chi connectivity index (χ4v) is 6.26. The molecule has 0 aromatic heterocycles. The molecule has 4 atom stereocenters. The van der Waals surface area contributed by atoms with Crippen molar-refractivity contribution in [2.75, 3.05) is 69.8 Å². The topological polar surface area (TPSA) is 111 Å². The quantitative estimate of drug-likeness (QED) is 0.0943. The Kier molecular flexibility index (Phi) is 13.5. The summed E-state index contributed by atoms with van der Waals surface area (Å²) < 4.78 is 71.1. The van der Waals surface area contributed by atoms with Gasteiger partial charge in [0.15, 0.2) is 57.9 Å². The van der Waals surface area contributed by atoms with Gasteiger partial charge in [0.05, 0.1) is 62.0 Å². The summed E-state index contributed by atoms with van der Waals surface area (Å²) in [4.78, 5) is 0. The summed E-state index contributed by atoms with van der Waals surface area (Å²) in [6.45, 7) is 4.25. The summed E-state index contributed by atoms with van der Waals surface area (Å²) in [6, 6.07) is 24.6. The van der Waals surface area contributed by atoms with Crippen LogP contribution >= 0.6 is 0 Å². The van der Waals surface area contributed by atoms with Crippen molar-refractivity contribution in [2.24, 2.45) is 0 Å². The monoisotopic (exact) mass is 734 g/mol. The van der Waals surface area contributed by atoms with Crippen LogP contribution in [0, 0.1) is 0 Å². The second-order valence-corrected chi connectivity index (χ2v) is 12.6. The number of para-hydroxylation sites is 2. The van der Waals surface area contributed by atoms with Crippen molar-refractivity contribution >= 4 is 0 Å². The number of hydrogen-bond acceptors (Lipinski definition) is 12. The Morgan fingerprint density at radius 1 is 0.623 bits per heavy atom. The molecule has 53 heavy (non-hydrogen) atoms. The van der Waals surface area contributed by atoms with Crippen LogP contribution in [0.2, 0.25) is 0 Å². The minimum Gasteiger partial charge on any atom is -0.493 e. The van der Waals surface area contributed by atoms with E-state index in [0.717, 1.165) is 16.7 Å². The Morgan fingerprint density at radius 3 is 1.79 bits per heavy atom. The lowest BCUT2D eigenvalue weighted by atomic mass is 9.89. The van der Waals surface area contributed by atoms with Crippen LogP contribution < -0.4 is 37.9 Å². The average molecular weight is 735 g/mol. The first kappa shape index (κ1) is 39.3. The zero-order valence-corrected chi connectivity index (χ0v) is 31.8. The lowest BCUT2D eigenvalue weighted by Gasteiger charge is -2.41. The van der Waals surface area contributed by atoms with E-state index in [9.17, 15) is 0 Å². The Hall–Kier alpha value is -4.88. The maximum atomic E-state index is 6.61. The smallest absolute Gasteiger partial charge is 0.163 e. The molecule has 2 unspecified atom stereocenters. The molecule has 0 bridgehead atoms. The van der Waals surface area contributed by atoms with Crippen molar-refractivity contribution in [2.45, 2.75) is 43.9 Å². The largest absolute Gasteiger partial charge is 0.493 e. The van der Waals surface area contributed by atoms with Gasteiger partial charge >= 0.3 is 0 Å². The molecule has 286 valence electrons. The summed E-state index contributed by atoms with van der Waals surface area (Å²) in [6.07, 6.45) is -1.53. The molecular formula is C41H50O12. The highest BCUT2D eigenvalue weighted by atomic mass is 16.7. The van der Waals surface area contributed by atoms with E-state index in [1.807, 2.05) is 92.7 Å². The van der Waals surface area contributed by atoms with Gasteiger partial charge in [0.25, 0.3) is 0 Å². The van der Waals surface area contributed by atoms with Gasteiger partial charge in [-0.25, -0.2) is 0 Å². The summed E-state index contributed by atoms with van der Waals surface area (Å²) in [7, 11) is 11.2. The van der Waals surface area contributed by atoms with Crippen LogP contribution in [0.1, 0.15) is 48.7 Å². The first-order chi connectivity index (χ1) is 25.7. The lowest BCUT2D eigenvalue weighted by Crippen LogP contribution is -2.46. The van der Waals surface area contributed by atoms with Crippen LogP contribution in [0.3, 0.4) is 0 Å². The number of methoxy groups -OCH3 is 7. The van der Waals surface area contributed by atoms with Crippen LogP contribution in [0.25, 0.3) is 0 Å². The van der Waals surface area contributed by atoms with Crippen molar-refractivity contribution in [1.82, 2.24) is 0 Å². The maximum Gasteiger partial charge on any atom is 0.163 e. The van der Waals surface area contributed by atoms with Gasteiger partial charge in [-0.1, -0.05) is 30.3 Å². The van der Waals surface area contributed by atoms with Gasteiger partial charge in [-0.05, 0) is 79.1 Å². The summed E-state index contributed by atoms with van der Waals surface area (Å²) in [5, 5.41) is 0. The molecule has 12 nitrogen and oxygen atoms in total. The molecule has 1 aliphatic rings. The number of benzene rings is 4. The highest BCUT2D eigenvalue weighted by molar-refractivity contribution is 5.48. The van der Waals surface area contributed by atoms with E-state index in [4.69, 9.17) is 56.8 Å². The first-order valence-electron chi connectivity index (χ1n) is 17.2. The molecule has 0 saturated carbocycles. The Morgan fingerprint density at radius 2 is 1.17 bits per heavy atom. The maximum absolute atomic E-state index is 6.61. The van der Waals surface area contributed by atoms with Crippen LogP contribution in [0.15, 0.2) is 78.9 Å². The van der Waals surface area contributed by atoms with Gasteiger partial charge in [0.1, 0.15) is 12.9 Å². The number of hydrogen-bond donors (Lipinski definition) is 0. The van der Waals surface area contributed by atoms with Gasteiger partial charge in [0, 0.05) is 13.0 Å². The van der Waals surface area contributed by atoms with Crippen molar-refractivity contribution < 1.29 is 56.8 Å². The third-order valence-electron chi connectivity index (χ3n) is 8.93. The molecule has 1 fully saturated rings. The fourth-order valence-electron chi connectivity index (χ4n) is 6.26. The van der Waals surface area contributed by atoms with E-state index in [-0.39, 0.29) is 19.3 Å². The standard InChI is InChI=1S/C41H50O12/c1-41(2)51-24-38(52-34-13-11-10-12-30(34)43-4)40(53-41)28-16-19-33(37(22-28)48-9)49-23-29(26-14-17-31(44-5)35(20-26)46-7)39(50-25-42-3)27-15-18-32(45-6)36(21-27)47-8/h10-22,29,38-40H,23-25H2,1-9H3/t29-,38?,39-,40?/m1/s1. The lowest BCUT2D eigenvalue weighted by molar-refractivity contribution is -0.302. The molecule has 1 heterocycles. The SMILES string of the molecule is COCO[C@H](c1ccc(OC)c(OC)c1)[C@H](COc1ccc(C2OC(C)(C)OCC2Oc2ccccc2OC)cc1OC)c1ccc(OC)c(OC)c1. The minimum absolute atomic E-state index is 0.0281. The Labute approximate surface area is 311 Å². The molecular weight excluding hydrogens is 684 g/mol. The van der Waals surface area contributed by atoms with Crippen molar-refractivity contribution in [3.63, 3.8) is 0 Å². The second-order valence-electron chi connectivity index (χ2n) is 12.6. The summed E-state index contributed by atoms with van der Waals surface area (Å²) in [5.41, 5.74) is 2.53. The van der Waals surface area contributed by atoms with E-state index in [2.05, 4.69) is 0 Å². The predicted octanol–water partition coefficient (Wildman–Crippen LogP) is 7.53. The molecule has 1 aliphatic heterocycles. The average Bonchev–Trinajstić information content (AvgIpc) is 3.19. The molecule has 0 N–H and O–H groups in total. The summed E-state index contributed by atoms with van der Waals surface area (Å²) in [5.74, 6) is 3.33. The third-order valence-corrected chi connectivity index (χ3v) is 8.93. The van der Waals surface area contributed by atoms with Crippen molar-refractivity contribution in [3.8, 4) is 46.0 Å². The van der Waals surface area contributed by atoms with Crippen LogP contribution in [0.4, 0.5) is 0 Å². The van der Waals surface area contributed by atoms with Crippen LogP contribution in [-0.2, 0) is 18.9 Å². The molecule has 0 radical (unpaired) electrons. The molecule has 1 saturated heterocycles. The van der Waals surface area contributed by atoms with E-state index in [1.54, 1.807) is 49.8 Å². The van der Waals surface area contributed by atoms with Gasteiger partial charge < -0.3 is 56.8 Å². The fraction of sp³-hybridized carbons (Fsp3) is 0.415. The third kappa shape index (κ3) is 9.38. The Balaban J connectivity index is 1.49. The van der Waals surface area contributed by atoms with Crippen molar-refractivity contribution in [3.05, 3.63) is 95.6 Å². The zero-order valence-electron chi connectivity index (χ0n) is 31.8. The van der Waals surface area contributed by atoms with E-state index in [1.165, 1.54) is 0 Å². The molecule has 0 amide bonds. The minimum atomic E-state index is -0.846. The first-order valence-corrected chi connectivity index (χ1v) is 17.2. The summed E-state index contributed by atoms with van der Waals surface area (Å²) >= 11 is 0.